The summed E-state index contributed by atoms with van der Waals surface area (Å²) < 4.78 is 1.60. The lowest BCUT2D eigenvalue weighted by molar-refractivity contribution is -0.137. The summed E-state index contributed by atoms with van der Waals surface area (Å²) in [5.74, 6) is -0.227. The Morgan fingerprint density at radius 2 is 2.22 bits per heavy atom. The van der Waals surface area contributed by atoms with E-state index < -0.39 is 5.97 Å². The number of thioether (sulfide) groups is 1. The summed E-state index contributed by atoms with van der Waals surface area (Å²) in [6.07, 6.45) is 3.78. The largest absolute Gasteiger partial charge is 0.481 e. The van der Waals surface area contributed by atoms with Crippen molar-refractivity contribution in [2.45, 2.75) is 43.3 Å². The quantitative estimate of drug-likeness (QED) is 0.815. The topological polar surface area (TPSA) is 72.2 Å². The average Bonchev–Trinajstić information content (AvgIpc) is 2.72. The first-order chi connectivity index (χ1) is 8.66. The lowest BCUT2D eigenvalue weighted by Gasteiger charge is -2.18. The Hall–Kier alpha value is -1.30. The molecule has 0 aromatic carbocycles. The summed E-state index contributed by atoms with van der Waals surface area (Å²) >= 11 is 1.49. The highest BCUT2D eigenvalue weighted by Gasteiger charge is 2.30. The van der Waals surface area contributed by atoms with E-state index in [-0.39, 0.29) is 18.0 Å². The summed E-state index contributed by atoms with van der Waals surface area (Å²) in [5, 5.41) is 9.58. The number of aromatic nitrogens is 2. The van der Waals surface area contributed by atoms with Crippen LogP contribution in [0.5, 0.6) is 0 Å². The molecule has 2 aliphatic rings. The summed E-state index contributed by atoms with van der Waals surface area (Å²) in [7, 11) is 0. The van der Waals surface area contributed by atoms with Crippen molar-refractivity contribution in [3.63, 3.8) is 0 Å². The average molecular weight is 266 g/mol. The van der Waals surface area contributed by atoms with Crippen molar-refractivity contribution in [1.82, 2.24) is 9.55 Å². The molecule has 96 valence electrons. The Kier molecular flexibility index (Phi) is 2.89. The molecule has 5 nitrogen and oxygen atoms in total. The summed E-state index contributed by atoms with van der Waals surface area (Å²) in [6.45, 7) is 0. The Morgan fingerprint density at radius 3 is 3.00 bits per heavy atom. The molecule has 1 N–H and O–H groups in total. The van der Waals surface area contributed by atoms with Gasteiger partial charge >= 0.3 is 5.97 Å². The third-order valence-corrected chi connectivity index (χ3v) is 4.63. The second kappa shape index (κ2) is 4.42. The standard InChI is InChI=1S/C12H14N2O3S/c15-10(16)5-7-6-18-12-13-9-4-2-1-3-8(9)11(17)14(7)12/h7H,1-6H2,(H,15,16)/t7-/m1/s1. The third-order valence-electron chi connectivity index (χ3n) is 3.53. The van der Waals surface area contributed by atoms with Crippen LogP contribution >= 0.6 is 11.8 Å². The Balaban J connectivity index is 2.08. The number of carboxylic acids is 1. The summed E-state index contributed by atoms with van der Waals surface area (Å²) in [5.41, 5.74) is 1.73. The molecule has 1 aromatic heterocycles. The highest BCUT2D eigenvalue weighted by atomic mass is 32.2. The number of aliphatic carboxylic acids is 1. The van der Waals surface area contributed by atoms with Crippen molar-refractivity contribution in [3.8, 4) is 0 Å². The molecule has 0 amide bonds. The fourth-order valence-electron chi connectivity index (χ4n) is 2.67. The number of aryl methyl sites for hydroxylation is 1. The molecule has 1 aromatic rings. The molecular formula is C12H14N2O3S. The first kappa shape index (κ1) is 11.8. The molecule has 3 rings (SSSR count). The minimum atomic E-state index is -0.863. The molecule has 0 fully saturated rings. The van der Waals surface area contributed by atoms with Gasteiger partial charge in [-0.25, -0.2) is 4.98 Å². The van der Waals surface area contributed by atoms with E-state index in [4.69, 9.17) is 5.11 Å². The molecule has 0 radical (unpaired) electrons. The molecule has 1 aliphatic carbocycles. The molecule has 0 unspecified atom stereocenters. The van der Waals surface area contributed by atoms with Crippen molar-refractivity contribution in [2.24, 2.45) is 0 Å². The van der Waals surface area contributed by atoms with E-state index in [9.17, 15) is 9.59 Å². The normalized spacial score (nSPS) is 21.4. The van der Waals surface area contributed by atoms with Crippen LogP contribution in [0.2, 0.25) is 0 Å². The van der Waals surface area contributed by atoms with Crippen LogP contribution in [0.4, 0.5) is 0 Å². The fourth-order valence-corrected chi connectivity index (χ4v) is 3.82. The minimum Gasteiger partial charge on any atom is -0.481 e. The number of rotatable bonds is 2. The smallest absolute Gasteiger partial charge is 0.305 e. The molecule has 18 heavy (non-hydrogen) atoms. The van der Waals surface area contributed by atoms with Crippen LogP contribution in [0.15, 0.2) is 9.95 Å². The van der Waals surface area contributed by atoms with Crippen molar-refractivity contribution >= 4 is 17.7 Å². The molecule has 0 saturated heterocycles. The molecule has 2 heterocycles. The van der Waals surface area contributed by atoms with Crippen molar-refractivity contribution in [1.29, 1.82) is 0 Å². The molecule has 1 aliphatic heterocycles. The van der Waals surface area contributed by atoms with Crippen LogP contribution in [0.1, 0.15) is 36.6 Å². The SMILES string of the molecule is O=C(O)C[C@@H]1CSc2nc3c(c(=O)n21)CCCC3. The summed E-state index contributed by atoms with van der Waals surface area (Å²) in [4.78, 5) is 27.8. The first-order valence-electron chi connectivity index (χ1n) is 6.15. The van der Waals surface area contributed by atoms with Gasteiger partial charge in [0.25, 0.3) is 5.56 Å². The molecular weight excluding hydrogens is 252 g/mol. The van der Waals surface area contributed by atoms with E-state index >= 15 is 0 Å². The monoisotopic (exact) mass is 266 g/mol. The van der Waals surface area contributed by atoms with Gasteiger partial charge in [-0.05, 0) is 25.7 Å². The number of fused-ring (bicyclic) bond motifs is 2. The van der Waals surface area contributed by atoms with E-state index in [0.29, 0.717) is 10.9 Å². The molecule has 0 saturated carbocycles. The van der Waals surface area contributed by atoms with Gasteiger partial charge in [-0.1, -0.05) is 11.8 Å². The molecule has 0 spiro atoms. The highest BCUT2D eigenvalue weighted by Crippen LogP contribution is 2.33. The van der Waals surface area contributed by atoms with Crippen LogP contribution in [-0.4, -0.2) is 26.4 Å². The fraction of sp³-hybridized carbons (Fsp3) is 0.583. The third kappa shape index (κ3) is 1.84. The van der Waals surface area contributed by atoms with Gasteiger partial charge in [-0.3, -0.25) is 14.2 Å². The number of carbonyl (C=O) groups is 1. The second-order valence-electron chi connectivity index (χ2n) is 4.76. The van der Waals surface area contributed by atoms with Crippen LogP contribution in [-0.2, 0) is 17.6 Å². The minimum absolute atomic E-state index is 0.000370. The van der Waals surface area contributed by atoms with E-state index in [1.54, 1.807) is 4.57 Å². The van der Waals surface area contributed by atoms with Crippen molar-refractivity contribution in [2.75, 3.05) is 5.75 Å². The van der Waals surface area contributed by atoms with E-state index in [2.05, 4.69) is 4.98 Å². The van der Waals surface area contributed by atoms with Crippen LogP contribution < -0.4 is 5.56 Å². The molecule has 6 heteroatoms. The lowest BCUT2D eigenvalue weighted by Crippen LogP contribution is -2.31. The van der Waals surface area contributed by atoms with Gasteiger partial charge in [0.2, 0.25) is 0 Å². The maximum absolute atomic E-state index is 12.4. The zero-order valence-electron chi connectivity index (χ0n) is 9.89. The Labute approximate surface area is 108 Å². The predicted octanol–water partition coefficient (Wildman–Crippen LogP) is 1.24. The summed E-state index contributed by atoms with van der Waals surface area (Å²) in [6, 6.07) is -0.241. The lowest BCUT2D eigenvalue weighted by atomic mass is 9.97. The van der Waals surface area contributed by atoms with Gasteiger partial charge in [0.05, 0.1) is 18.2 Å². The first-order valence-corrected chi connectivity index (χ1v) is 7.14. The van der Waals surface area contributed by atoms with E-state index in [1.807, 2.05) is 0 Å². The number of hydrogen-bond acceptors (Lipinski definition) is 4. The van der Waals surface area contributed by atoms with Crippen molar-refractivity contribution in [3.05, 3.63) is 21.6 Å². The number of carboxylic acid groups (broad SMARTS) is 1. The van der Waals surface area contributed by atoms with Gasteiger partial charge in [0.1, 0.15) is 0 Å². The van der Waals surface area contributed by atoms with Crippen molar-refractivity contribution < 1.29 is 9.90 Å². The van der Waals surface area contributed by atoms with Gasteiger partial charge in [-0.15, -0.1) is 0 Å². The zero-order chi connectivity index (χ0) is 12.7. The maximum atomic E-state index is 12.4. The van der Waals surface area contributed by atoms with Crippen LogP contribution in [0, 0.1) is 0 Å². The van der Waals surface area contributed by atoms with Gasteiger partial charge in [0.15, 0.2) is 5.16 Å². The van der Waals surface area contributed by atoms with E-state index in [0.717, 1.165) is 36.9 Å². The molecule has 0 bridgehead atoms. The Bertz CT molecular complexity index is 567. The second-order valence-corrected chi connectivity index (χ2v) is 5.75. The molecule has 1 atom stereocenters. The van der Waals surface area contributed by atoms with Crippen LogP contribution in [0.25, 0.3) is 0 Å². The maximum Gasteiger partial charge on any atom is 0.305 e. The Morgan fingerprint density at radius 1 is 1.44 bits per heavy atom. The zero-order valence-corrected chi connectivity index (χ0v) is 10.7. The van der Waals surface area contributed by atoms with Gasteiger partial charge in [0, 0.05) is 11.3 Å². The van der Waals surface area contributed by atoms with E-state index in [1.165, 1.54) is 11.8 Å². The van der Waals surface area contributed by atoms with Crippen LogP contribution in [0.3, 0.4) is 0 Å². The van der Waals surface area contributed by atoms with Gasteiger partial charge in [-0.2, -0.15) is 0 Å². The number of hydrogen-bond donors (Lipinski definition) is 1. The highest BCUT2D eigenvalue weighted by molar-refractivity contribution is 7.99. The van der Waals surface area contributed by atoms with Gasteiger partial charge < -0.3 is 5.11 Å². The number of nitrogens with zero attached hydrogens (tertiary/aromatic N) is 2. The predicted molar refractivity (Wildman–Crippen MR) is 67.2 cm³/mol.